The van der Waals surface area contributed by atoms with E-state index in [1.165, 1.54) is 19.2 Å². The molecule has 1 N–H and O–H groups in total. The molecule has 0 aliphatic heterocycles. The molecule has 0 saturated heterocycles. The Labute approximate surface area is 137 Å². The second-order valence-corrected chi connectivity index (χ2v) is 6.80. The van der Waals surface area contributed by atoms with Crippen LogP contribution in [0.2, 0.25) is 0 Å². The number of aromatic nitrogens is 1. The van der Waals surface area contributed by atoms with E-state index in [1.54, 1.807) is 24.5 Å². The van der Waals surface area contributed by atoms with Gasteiger partial charge < -0.3 is 4.74 Å². The van der Waals surface area contributed by atoms with E-state index >= 15 is 0 Å². The molecule has 0 saturated carbocycles. The largest absolute Gasteiger partial charge is 0.496 e. The number of ether oxygens (including phenoxy) is 1. The number of nitrogens with zero attached hydrogens (tertiary/aromatic N) is 1. The van der Waals surface area contributed by atoms with E-state index in [0.717, 1.165) is 11.1 Å². The molecular formula is C15H15F3N2O3S. The molecule has 5 nitrogen and oxygen atoms in total. The highest BCUT2D eigenvalue weighted by molar-refractivity contribution is 7.92. The zero-order valence-electron chi connectivity index (χ0n) is 12.9. The normalized spacial score (nSPS) is 12.0. The Morgan fingerprint density at radius 1 is 1.21 bits per heavy atom. The predicted molar refractivity (Wildman–Crippen MR) is 84.4 cm³/mol. The van der Waals surface area contributed by atoms with Gasteiger partial charge in [0.2, 0.25) is 10.0 Å². The Hall–Kier alpha value is -2.29. The van der Waals surface area contributed by atoms with Crippen LogP contribution in [-0.4, -0.2) is 32.4 Å². The fourth-order valence-electron chi connectivity index (χ4n) is 2.15. The Bertz CT molecular complexity index is 836. The maximum atomic E-state index is 12.3. The molecule has 0 aliphatic rings. The van der Waals surface area contributed by atoms with Crippen LogP contribution in [0, 0.1) is 6.92 Å². The molecule has 1 aromatic carbocycles. The first-order valence-corrected chi connectivity index (χ1v) is 8.43. The molecule has 24 heavy (non-hydrogen) atoms. The molecule has 0 bridgehead atoms. The number of aryl methyl sites for hydroxylation is 1. The summed E-state index contributed by atoms with van der Waals surface area (Å²) in [6.45, 7) is 1.87. The quantitative estimate of drug-likeness (QED) is 0.888. The first-order chi connectivity index (χ1) is 11.1. The summed E-state index contributed by atoms with van der Waals surface area (Å²) >= 11 is 0. The number of pyridine rings is 1. The minimum absolute atomic E-state index is 0.0126. The number of benzene rings is 1. The van der Waals surface area contributed by atoms with Gasteiger partial charge >= 0.3 is 6.18 Å². The van der Waals surface area contributed by atoms with Crippen molar-refractivity contribution in [2.24, 2.45) is 0 Å². The number of anilines is 1. The Morgan fingerprint density at radius 2 is 1.92 bits per heavy atom. The van der Waals surface area contributed by atoms with Crippen molar-refractivity contribution in [1.29, 1.82) is 0 Å². The lowest BCUT2D eigenvalue weighted by molar-refractivity contribution is -0.106. The Balaban J connectivity index is 2.35. The van der Waals surface area contributed by atoms with Gasteiger partial charge in [-0.25, -0.2) is 8.42 Å². The highest BCUT2D eigenvalue weighted by Crippen LogP contribution is 2.34. The van der Waals surface area contributed by atoms with Crippen molar-refractivity contribution >= 4 is 15.7 Å². The van der Waals surface area contributed by atoms with E-state index in [0.29, 0.717) is 11.3 Å². The predicted octanol–water partition coefficient (Wildman–Crippen LogP) is 3.37. The van der Waals surface area contributed by atoms with Crippen molar-refractivity contribution < 1.29 is 26.3 Å². The molecule has 1 heterocycles. The lowest BCUT2D eigenvalue weighted by atomic mass is 10.0. The first kappa shape index (κ1) is 18.1. The van der Waals surface area contributed by atoms with Crippen LogP contribution in [0.5, 0.6) is 5.75 Å². The third-order valence-electron chi connectivity index (χ3n) is 3.16. The molecule has 0 amide bonds. The minimum atomic E-state index is -4.82. The van der Waals surface area contributed by atoms with Gasteiger partial charge in [0.1, 0.15) is 5.75 Å². The number of nitrogens with one attached hydrogen (secondary N) is 1. The third kappa shape index (κ3) is 4.60. The molecule has 0 radical (unpaired) electrons. The van der Waals surface area contributed by atoms with Crippen LogP contribution in [-0.2, 0) is 10.0 Å². The molecule has 1 aromatic heterocycles. The van der Waals surface area contributed by atoms with Crippen LogP contribution in [0.3, 0.4) is 0 Å². The summed E-state index contributed by atoms with van der Waals surface area (Å²) in [5.74, 6) is -1.63. The summed E-state index contributed by atoms with van der Waals surface area (Å²) < 4.78 is 67.0. The summed E-state index contributed by atoms with van der Waals surface area (Å²) in [6, 6.07) is 6.07. The monoisotopic (exact) mass is 360 g/mol. The highest BCUT2D eigenvalue weighted by Gasteiger charge is 2.35. The van der Waals surface area contributed by atoms with Crippen LogP contribution < -0.4 is 9.46 Å². The molecule has 130 valence electrons. The minimum Gasteiger partial charge on any atom is -0.496 e. The van der Waals surface area contributed by atoms with E-state index < -0.39 is 22.0 Å². The highest BCUT2D eigenvalue weighted by atomic mass is 32.2. The SMILES string of the molecule is COc1cc(NS(=O)(=O)CC(F)(F)F)ccc1-c1cnccc1C. The van der Waals surface area contributed by atoms with Crippen molar-refractivity contribution in [1.82, 2.24) is 4.98 Å². The molecule has 0 spiro atoms. The summed E-state index contributed by atoms with van der Waals surface area (Å²) in [7, 11) is -3.16. The molecule has 2 rings (SSSR count). The number of rotatable bonds is 5. The zero-order chi connectivity index (χ0) is 18.0. The molecule has 0 aliphatic carbocycles. The van der Waals surface area contributed by atoms with E-state index in [1.807, 2.05) is 11.6 Å². The Morgan fingerprint density at radius 3 is 2.50 bits per heavy atom. The second kappa shape index (κ2) is 6.68. The van der Waals surface area contributed by atoms with Gasteiger partial charge in [0.25, 0.3) is 0 Å². The van der Waals surface area contributed by atoms with Gasteiger partial charge in [-0.15, -0.1) is 0 Å². The molecule has 0 unspecified atom stereocenters. The maximum absolute atomic E-state index is 12.3. The van der Waals surface area contributed by atoms with E-state index in [-0.39, 0.29) is 5.69 Å². The molecular weight excluding hydrogens is 345 g/mol. The number of hydrogen-bond donors (Lipinski definition) is 1. The maximum Gasteiger partial charge on any atom is 0.404 e. The van der Waals surface area contributed by atoms with Gasteiger partial charge in [0.15, 0.2) is 5.75 Å². The Kier molecular flexibility index (Phi) is 5.02. The molecule has 0 fully saturated rings. The van der Waals surface area contributed by atoms with Gasteiger partial charge in [-0.3, -0.25) is 9.71 Å². The second-order valence-electron chi connectivity index (χ2n) is 5.08. The van der Waals surface area contributed by atoms with Gasteiger partial charge in [0, 0.05) is 29.6 Å². The number of sulfonamides is 1. The average molecular weight is 360 g/mol. The average Bonchev–Trinajstić information content (AvgIpc) is 2.45. The molecule has 9 heteroatoms. The van der Waals surface area contributed by atoms with Crippen LogP contribution >= 0.6 is 0 Å². The lowest BCUT2D eigenvalue weighted by Gasteiger charge is -2.14. The van der Waals surface area contributed by atoms with E-state index in [4.69, 9.17) is 4.74 Å². The number of halogens is 3. The van der Waals surface area contributed by atoms with Crippen LogP contribution in [0.15, 0.2) is 36.7 Å². The van der Waals surface area contributed by atoms with Crippen LogP contribution in [0.25, 0.3) is 11.1 Å². The van der Waals surface area contributed by atoms with Crippen molar-refractivity contribution in [2.75, 3.05) is 17.6 Å². The first-order valence-electron chi connectivity index (χ1n) is 6.77. The summed E-state index contributed by atoms with van der Waals surface area (Å²) in [5, 5.41) is 0. The van der Waals surface area contributed by atoms with Crippen molar-refractivity contribution in [3.05, 3.63) is 42.2 Å². The number of methoxy groups -OCH3 is 1. The lowest BCUT2D eigenvalue weighted by Crippen LogP contribution is -2.27. The van der Waals surface area contributed by atoms with Crippen molar-refractivity contribution in [3.8, 4) is 16.9 Å². The number of alkyl halides is 3. The van der Waals surface area contributed by atoms with Gasteiger partial charge in [-0.2, -0.15) is 13.2 Å². The van der Waals surface area contributed by atoms with Gasteiger partial charge in [-0.05, 0) is 30.7 Å². The molecule has 0 atom stereocenters. The van der Waals surface area contributed by atoms with E-state index in [2.05, 4.69) is 4.98 Å². The fourth-order valence-corrected chi connectivity index (χ4v) is 3.14. The number of hydrogen-bond acceptors (Lipinski definition) is 4. The van der Waals surface area contributed by atoms with Crippen molar-refractivity contribution in [3.63, 3.8) is 0 Å². The van der Waals surface area contributed by atoms with Gasteiger partial charge in [-0.1, -0.05) is 0 Å². The van der Waals surface area contributed by atoms with Gasteiger partial charge in [0.05, 0.1) is 12.8 Å². The van der Waals surface area contributed by atoms with Crippen LogP contribution in [0.1, 0.15) is 5.56 Å². The summed E-state index contributed by atoms with van der Waals surface area (Å²) in [5.41, 5.74) is 2.34. The smallest absolute Gasteiger partial charge is 0.404 e. The standard InChI is InChI=1S/C15H15F3N2O3S/c1-10-5-6-19-8-13(10)12-4-3-11(7-14(12)23-2)20-24(21,22)9-15(16,17)18/h3-8,20H,9H2,1-2H3. The molecule has 2 aromatic rings. The summed E-state index contributed by atoms with van der Waals surface area (Å²) in [6.07, 6.45) is -1.56. The van der Waals surface area contributed by atoms with E-state index in [9.17, 15) is 21.6 Å². The van der Waals surface area contributed by atoms with Crippen molar-refractivity contribution in [2.45, 2.75) is 13.1 Å². The van der Waals surface area contributed by atoms with Crippen LogP contribution in [0.4, 0.5) is 18.9 Å². The fraction of sp³-hybridized carbons (Fsp3) is 0.267. The summed E-state index contributed by atoms with van der Waals surface area (Å²) in [4.78, 5) is 4.03. The topological polar surface area (TPSA) is 68.3 Å². The third-order valence-corrected chi connectivity index (χ3v) is 4.41. The zero-order valence-corrected chi connectivity index (χ0v) is 13.7.